The summed E-state index contributed by atoms with van der Waals surface area (Å²) < 4.78 is 0. The molecule has 0 fully saturated rings. The molecule has 1 spiro atoms. The van der Waals surface area contributed by atoms with Gasteiger partial charge in [-0.05, 0) is 109 Å². The molecule has 0 atom stereocenters. The lowest BCUT2D eigenvalue weighted by Gasteiger charge is -2.43. The molecule has 0 saturated carbocycles. The van der Waals surface area contributed by atoms with Gasteiger partial charge in [-0.15, -0.1) is 0 Å². The molecule has 0 aromatic heterocycles. The fourth-order valence-electron chi connectivity index (χ4n) is 9.11. The fraction of sp³-hybridized carbons (Fsp3) is 0.0189. The Hall–Kier alpha value is -6.61. The van der Waals surface area contributed by atoms with E-state index < -0.39 is 5.41 Å². The standard InChI is InChI=1S/C53H35NS/c1-3-14-36(15-4-1)38-26-30-42(31-27-38)54(43-32-28-39(29-33-43)37-16-5-2-6-17-37)49-24-13-25-50-52(49)53(48-34-40-18-7-8-19-41(40)35-51(48)55-50)46-22-11-9-20-44(46)45-21-10-12-23-47(45)53/h1-35H. The molecule has 258 valence electrons. The molecule has 55 heavy (non-hydrogen) atoms. The van der Waals surface area contributed by atoms with Crippen molar-refractivity contribution in [1.82, 2.24) is 0 Å². The summed E-state index contributed by atoms with van der Waals surface area (Å²) in [5.41, 5.74) is 15.6. The second kappa shape index (κ2) is 12.8. The third kappa shape index (κ3) is 4.95. The van der Waals surface area contributed by atoms with Crippen LogP contribution in [0.3, 0.4) is 0 Å². The van der Waals surface area contributed by atoms with Gasteiger partial charge in [0.05, 0.1) is 11.1 Å². The third-order valence-corrected chi connectivity index (χ3v) is 12.6. The summed E-state index contributed by atoms with van der Waals surface area (Å²) >= 11 is 1.90. The minimum Gasteiger partial charge on any atom is -0.310 e. The second-order valence-corrected chi connectivity index (χ2v) is 15.5. The zero-order valence-corrected chi connectivity index (χ0v) is 30.9. The number of hydrogen-bond donors (Lipinski definition) is 0. The fourth-order valence-corrected chi connectivity index (χ4v) is 10.4. The van der Waals surface area contributed by atoms with Crippen LogP contribution in [-0.2, 0) is 5.41 Å². The third-order valence-electron chi connectivity index (χ3n) is 11.5. The summed E-state index contributed by atoms with van der Waals surface area (Å²) in [5.74, 6) is 0. The SMILES string of the molecule is c1ccc(-c2ccc(N(c3ccc(-c4ccccc4)cc3)c3cccc4c3C3(c5cc6ccccc6cc5S4)c4ccccc4-c4ccccc43)cc2)cc1. The van der Waals surface area contributed by atoms with Gasteiger partial charge in [0.2, 0.25) is 0 Å². The first-order valence-corrected chi connectivity index (χ1v) is 19.7. The number of anilines is 3. The van der Waals surface area contributed by atoms with Crippen LogP contribution in [0, 0.1) is 0 Å². The monoisotopic (exact) mass is 717 g/mol. The molecule has 9 aromatic rings. The smallest absolute Gasteiger partial charge is 0.0756 e. The normalized spacial score (nSPS) is 13.2. The van der Waals surface area contributed by atoms with E-state index in [2.05, 4.69) is 217 Å². The average Bonchev–Trinajstić information content (AvgIpc) is 3.55. The molecule has 0 radical (unpaired) electrons. The van der Waals surface area contributed by atoms with Crippen molar-refractivity contribution in [1.29, 1.82) is 0 Å². The second-order valence-electron chi connectivity index (χ2n) is 14.5. The molecule has 11 rings (SSSR count). The van der Waals surface area contributed by atoms with E-state index in [0.29, 0.717) is 0 Å². The first-order valence-electron chi connectivity index (χ1n) is 18.9. The van der Waals surface area contributed by atoms with Gasteiger partial charge in [0, 0.05) is 26.7 Å². The largest absolute Gasteiger partial charge is 0.310 e. The zero-order valence-electron chi connectivity index (χ0n) is 30.1. The van der Waals surface area contributed by atoms with E-state index in [4.69, 9.17) is 0 Å². The van der Waals surface area contributed by atoms with Crippen LogP contribution in [0.25, 0.3) is 44.2 Å². The van der Waals surface area contributed by atoms with Crippen molar-refractivity contribution >= 4 is 39.6 Å². The van der Waals surface area contributed by atoms with Crippen LogP contribution in [0.15, 0.2) is 222 Å². The summed E-state index contributed by atoms with van der Waals surface area (Å²) in [6.45, 7) is 0. The van der Waals surface area contributed by atoms with E-state index in [0.717, 1.165) is 11.4 Å². The molecule has 1 heterocycles. The molecule has 0 amide bonds. The van der Waals surface area contributed by atoms with Gasteiger partial charge in [-0.25, -0.2) is 0 Å². The maximum Gasteiger partial charge on any atom is 0.0756 e. The summed E-state index contributed by atoms with van der Waals surface area (Å²) in [7, 11) is 0. The highest BCUT2D eigenvalue weighted by molar-refractivity contribution is 7.99. The first kappa shape index (κ1) is 31.9. The van der Waals surface area contributed by atoms with E-state index in [1.807, 2.05) is 11.8 Å². The van der Waals surface area contributed by atoms with Gasteiger partial charge in [-0.2, -0.15) is 0 Å². The lowest BCUT2D eigenvalue weighted by Crippen LogP contribution is -2.34. The molecule has 0 unspecified atom stereocenters. The Labute approximate surface area is 326 Å². The lowest BCUT2D eigenvalue weighted by molar-refractivity contribution is 0.724. The average molecular weight is 718 g/mol. The van der Waals surface area contributed by atoms with E-state index in [1.165, 1.54) is 81.9 Å². The van der Waals surface area contributed by atoms with E-state index >= 15 is 0 Å². The van der Waals surface area contributed by atoms with Crippen molar-refractivity contribution in [2.45, 2.75) is 15.2 Å². The number of hydrogen-bond acceptors (Lipinski definition) is 2. The molecule has 1 nitrogen and oxygen atoms in total. The maximum absolute atomic E-state index is 2.49. The van der Waals surface area contributed by atoms with Crippen LogP contribution in [0.4, 0.5) is 17.1 Å². The van der Waals surface area contributed by atoms with Gasteiger partial charge in [-0.3, -0.25) is 0 Å². The Balaban J connectivity index is 1.20. The summed E-state index contributed by atoms with van der Waals surface area (Å²) in [4.78, 5) is 5.07. The predicted octanol–water partition coefficient (Wildman–Crippen LogP) is 14.5. The lowest BCUT2D eigenvalue weighted by atomic mass is 9.66. The van der Waals surface area contributed by atoms with Crippen molar-refractivity contribution in [2.24, 2.45) is 0 Å². The van der Waals surface area contributed by atoms with Crippen molar-refractivity contribution in [3.8, 4) is 33.4 Å². The number of benzene rings is 9. The van der Waals surface area contributed by atoms with Crippen LogP contribution in [0.2, 0.25) is 0 Å². The molecule has 0 N–H and O–H groups in total. The van der Waals surface area contributed by atoms with Crippen molar-refractivity contribution in [3.05, 3.63) is 235 Å². The molecule has 1 aliphatic heterocycles. The highest BCUT2D eigenvalue weighted by Crippen LogP contribution is 2.65. The molecule has 0 bridgehead atoms. The van der Waals surface area contributed by atoms with E-state index in [1.54, 1.807) is 0 Å². The summed E-state index contributed by atoms with van der Waals surface area (Å²) in [6, 6.07) is 78.3. The Kier molecular flexibility index (Phi) is 7.40. The topological polar surface area (TPSA) is 3.24 Å². The molecule has 0 saturated heterocycles. The quantitative estimate of drug-likeness (QED) is 0.174. The van der Waals surface area contributed by atoms with Crippen molar-refractivity contribution in [2.75, 3.05) is 4.90 Å². The first-order chi connectivity index (χ1) is 27.3. The molecular weight excluding hydrogens is 683 g/mol. The molecule has 2 aliphatic rings. The summed E-state index contributed by atoms with van der Waals surface area (Å²) in [6.07, 6.45) is 0. The Morgan fingerprint density at radius 3 is 1.38 bits per heavy atom. The zero-order chi connectivity index (χ0) is 36.3. The van der Waals surface area contributed by atoms with Crippen LogP contribution in [0.5, 0.6) is 0 Å². The molecule has 9 aromatic carbocycles. The number of fused-ring (bicyclic) bond motifs is 10. The number of rotatable bonds is 5. The molecule has 2 heteroatoms. The molecule has 1 aliphatic carbocycles. The number of nitrogens with zero attached hydrogens (tertiary/aromatic N) is 1. The van der Waals surface area contributed by atoms with Crippen LogP contribution < -0.4 is 4.90 Å². The van der Waals surface area contributed by atoms with Crippen LogP contribution in [-0.4, -0.2) is 0 Å². The van der Waals surface area contributed by atoms with Gasteiger partial charge in [0.25, 0.3) is 0 Å². The van der Waals surface area contributed by atoms with E-state index in [9.17, 15) is 0 Å². The van der Waals surface area contributed by atoms with Gasteiger partial charge in [-0.1, -0.05) is 176 Å². The van der Waals surface area contributed by atoms with Crippen LogP contribution in [0.1, 0.15) is 22.3 Å². The van der Waals surface area contributed by atoms with Crippen LogP contribution >= 0.6 is 11.8 Å². The Morgan fingerprint density at radius 1 is 0.345 bits per heavy atom. The van der Waals surface area contributed by atoms with Crippen molar-refractivity contribution in [3.63, 3.8) is 0 Å². The highest BCUT2D eigenvalue weighted by Gasteiger charge is 2.52. The summed E-state index contributed by atoms with van der Waals surface area (Å²) in [5, 5.41) is 2.52. The molecular formula is C53H35NS. The Bertz CT molecular complexity index is 2750. The Morgan fingerprint density at radius 2 is 0.818 bits per heavy atom. The minimum atomic E-state index is -0.546. The van der Waals surface area contributed by atoms with E-state index in [-0.39, 0.29) is 0 Å². The minimum absolute atomic E-state index is 0.546. The van der Waals surface area contributed by atoms with Gasteiger partial charge in [0.1, 0.15) is 0 Å². The van der Waals surface area contributed by atoms with Gasteiger partial charge in [0.15, 0.2) is 0 Å². The van der Waals surface area contributed by atoms with Gasteiger partial charge < -0.3 is 4.90 Å². The predicted molar refractivity (Wildman–Crippen MR) is 231 cm³/mol. The van der Waals surface area contributed by atoms with Gasteiger partial charge >= 0.3 is 0 Å². The highest BCUT2D eigenvalue weighted by atomic mass is 32.2. The maximum atomic E-state index is 2.49. The van der Waals surface area contributed by atoms with Crippen molar-refractivity contribution < 1.29 is 0 Å².